The summed E-state index contributed by atoms with van der Waals surface area (Å²) in [6.07, 6.45) is 3.13. The van der Waals surface area contributed by atoms with Crippen molar-refractivity contribution in [2.24, 2.45) is 0 Å². The molecule has 3 heterocycles. The van der Waals surface area contributed by atoms with Crippen LogP contribution in [0.4, 0.5) is 0 Å². The molecule has 7 heteroatoms. The number of aromatic nitrogens is 1. The first-order valence-corrected chi connectivity index (χ1v) is 9.83. The van der Waals surface area contributed by atoms with Gasteiger partial charge in [0.1, 0.15) is 13.2 Å². The Balaban J connectivity index is 1.54. The summed E-state index contributed by atoms with van der Waals surface area (Å²) in [5, 5.41) is 9.91. The van der Waals surface area contributed by atoms with Crippen molar-refractivity contribution in [1.29, 1.82) is 0 Å². The molecule has 0 unspecified atom stereocenters. The number of carbonyl (C=O) groups is 2. The summed E-state index contributed by atoms with van der Waals surface area (Å²) in [5.41, 5.74) is 2.42. The van der Waals surface area contributed by atoms with Crippen molar-refractivity contribution in [3.63, 3.8) is 0 Å². The van der Waals surface area contributed by atoms with Crippen LogP contribution in [-0.4, -0.2) is 77.2 Å². The number of aliphatic hydroxyl groups excluding tert-OH is 1. The third kappa shape index (κ3) is 3.67. The minimum atomic E-state index is -0.272. The van der Waals surface area contributed by atoms with Crippen molar-refractivity contribution >= 4 is 11.8 Å². The molecule has 2 saturated heterocycles. The molecule has 0 radical (unpaired) electrons. The SMILES string of the molecule is COCC#Cc1ccc([C@@H]2[C@@H](CO)N3C(=O)CN(C(=O)c4ccncc4)C[C@@H]23)cc1. The molecule has 1 aromatic heterocycles. The van der Waals surface area contributed by atoms with Gasteiger partial charge in [0.05, 0.1) is 18.7 Å². The van der Waals surface area contributed by atoms with E-state index in [-0.39, 0.29) is 43.0 Å². The van der Waals surface area contributed by atoms with Gasteiger partial charge in [0, 0.05) is 43.1 Å². The van der Waals surface area contributed by atoms with Crippen molar-refractivity contribution in [3.8, 4) is 11.8 Å². The Labute approximate surface area is 175 Å². The largest absolute Gasteiger partial charge is 0.394 e. The fourth-order valence-corrected chi connectivity index (χ4v) is 4.33. The van der Waals surface area contributed by atoms with E-state index in [1.807, 2.05) is 24.3 Å². The van der Waals surface area contributed by atoms with Crippen LogP contribution in [0.2, 0.25) is 0 Å². The van der Waals surface area contributed by atoms with Crippen LogP contribution in [0, 0.1) is 11.8 Å². The summed E-state index contributed by atoms with van der Waals surface area (Å²) in [4.78, 5) is 32.8. The van der Waals surface area contributed by atoms with Crippen molar-refractivity contribution < 1.29 is 19.4 Å². The van der Waals surface area contributed by atoms with Crippen LogP contribution in [0.1, 0.15) is 27.4 Å². The Morgan fingerprint density at radius 3 is 2.63 bits per heavy atom. The first kappa shape index (κ1) is 20.1. The van der Waals surface area contributed by atoms with E-state index < -0.39 is 0 Å². The lowest BCUT2D eigenvalue weighted by atomic mass is 9.73. The molecular formula is C23H23N3O4. The second-order valence-electron chi connectivity index (χ2n) is 7.42. The highest BCUT2D eigenvalue weighted by Gasteiger charge is 2.54. The van der Waals surface area contributed by atoms with E-state index in [1.54, 1.807) is 41.4 Å². The van der Waals surface area contributed by atoms with Gasteiger partial charge in [-0.2, -0.15) is 0 Å². The van der Waals surface area contributed by atoms with Gasteiger partial charge in [-0.15, -0.1) is 0 Å². The number of amides is 2. The van der Waals surface area contributed by atoms with Crippen molar-refractivity contribution in [3.05, 3.63) is 65.5 Å². The van der Waals surface area contributed by atoms with Crippen LogP contribution in [-0.2, 0) is 9.53 Å². The fourth-order valence-electron chi connectivity index (χ4n) is 4.33. The average molecular weight is 405 g/mol. The Morgan fingerprint density at radius 2 is 1.97 bits per heavy atom. The third-order valence-corrected chi connectivity index (χ3v) is 5.71. The third-order valence-electron chi connectivity index (χ3n) is 5.71. The summed E-state index contributed by atoms with van der Waals surface area (Å²) >= 11 is 0. The molecule has 2 aromatic rings. The molecule has 2 aliphatic heterocycles. The number of benzene rings is 1. The highest BCUT2D eigenvalue weighted by atomic mass is 16.5. The van der Waals surface area contributed by atoms with E-state index in [2.05, 4.69) is 16.8 Å². The van der Waals surface area contributed by atoms with Crippen LogP contribution < -0.4 is 0 Å². The predicted octanol–water partition coefficient (Wildman–Crippen LogP) is 0.891. The molecule has 2 fully saturated rings. The average Bonchev–Trinajstić information content (AvgIpc) is 2.76. The zero-order chi connectivity index (χ0) is 21.1. The van der Waals surface area contributed by atoms with Gasteiger partial charge in [-0.25, -0.2) is 0 Å². The standard InChI is InChI=1S/C23H23N3O4/c1-30-12-2-3-16-4-6-17(7-5-16)22-19-13-25(14-21(28)26(19)20(22)15-27)23(29)18-8-10-24-11-9-18/h4-11,19-20,22,27H,12-15H2,1H3/t19-,20+,22-/m0/s1. The zero-order valence-corrected chi connectivity index (χ0v) is 16.7. The zero-order valence-electron chi connectivity index (χ0n) is 16.7. The number of pyridine rings is 1. The fraction of sp³-hybridized carbons (Fsp3) is 0.348. The minimum absolute atomic E-state index is 0.0227. The number of ether oxygens (including phenoxy) is 1. The highest BCUT2D eigenvalue weighted by molar-refractivity contribution is 5.97. The number of hydrogen-bond donors (Lipinski definition) is 1. The number of fused-ring (bicyclic) bond motifs is 1. The predicted molar refractivity (Wildman–Crippen MR) is 110 cm³/mol. The first-order valence-electron chi connectivity index (χ1n) is 9.83. The quantitative estimate of drug-likeness (QED) is 0.764. The summed E-state index contributed by atoms with van der Waals surface area (Å²) < 4.78 is 4.94. The van der Waals surface area contributed by atoms with Gasteiger partial charge in [-0.05, 0) is 29.8 Å². The van der Waals surface area contributed by atoms with E-state index >= 15 is 0 Å². The van der Waals surface area contributed by atoms with E-state index in [0.717, 1.165) is 11.1 Å². The number of carbonyl (C=O) groups excluding carboxylic acids is 2. The molecule has 30 heavy (non-hydrogen) atoms. The first-order chi connectivity index (χ1) is 14.6. The van der Waals surface area contributed by atoms with Crippen molar-refractivity contribution in [2.75, 3.05) is 33.4 Å². The van der Waals surface area contributed by atoms with Gasteiger partial charge in [-0.1, -0.05) is 24.0 Å². The molecule has 4 rings (SSSR count). The van der Waals surface area contributed by atoms with E-state index in [0.29, 0.717) is 18.7 Å². The van der Waals surface area contributed by atoms with Gasteiger partial charge in [0.2, 0.25) is 5.91 Å². The van der Waals surface area contributed by atoms with E-state index in [9.17, 15) is 14.7 Å². The molecule has 2 amide bonds. The lowest BCUT2D eigenvalue weighted by molar-refractivity contribution is -0.159. The number of nitrogens with zero attached hydrogens (tertiary/aromatic N) is 3. The summed E-state index contributed by atoms with van der Waals surface area (Å²) in [7, 11) is 1.60. The Morgan fingerprint density at radius 1 is 1.23 bits per heavy atom. The molecule has 7 nitrogen and oxygen atoms in total. The highest BCUT2D eigenvalue weighted by Crippen LogP contribution is 2.43. The maximum atomic E-state index is 12.8. The Bertz CT molecular complexity index is 981. The number of hydrogen-bond acceptors (Lipinski definition) is 5. The monoisotopic (exact) mass is 405 g/mol. The number of piperazine rings is 1. The lowest BCUT2D eigenvalue weighted by Gasteiger charge is -2.58. The summed E-state index contributed by atoms with van der Waals surface area (Å²) in [6.45, 7) is 0.719. The number of methoxy groups -OCH3 is 1. The maximum Gasteiger partial charge on any atom is 0.254 e. The van der Waals surface area contributed by atoms with Crippen LogP contribution in [0.25, 0.3) is 0 Å². The van der Waals surface area contributed by atoms with Gasteiger partial charge >= 0.3 is 0 Å². The van der Waals surface area contributed by atoms with Gasteiger partial charge in [0.25, 0.3) is 5.91 Å². The van der Waals surface area contributed by atoms with E-state index in [1.165, 1.54) is 0 Å². The van der Waals surface area contributed by atoms with E-state index in [4.69, 9.17) is 4.74 Å². The smallest absolute Gasteiger partial charge is 0.254 e. The van der Waals surface area contributed by atoms with Gasteiger partial charge < -0.3 is 19.6 Å². The van der Waals surface area contributed by atoms with Crippen molar-refractivity contribution in [2.45, 2.75) is 18.0 Å². The normalized spacial score (nSPS) is 22.6. The van der Waals surface area contributed by atoms with Crippen LogP contribution in [0.3, 0.4) is 0 Å². The molecule has 1 N–H and O–H groups in total. The topological polar surface area (TPSA) is 83.0 Å². The molecule has 154 valence electrons. The molecule has 0 spiro atoms. The Kier molecular flexibility index (Phi) is 5.79. The maximum absolute atomic E-state index is 12.8. The second kappa shape index (κ2) is 8.66. The number of rotatable bonds is 4. The molecule has 2 aliphatic rings. The Hall–Kier alpha value is -3.21. The summed E-state index contributed by atoms with van der Waals surface area (Å²) in [5.74, 6) is 5.60. The van der Waals surface area contributed by atoms with Crippen LogP contribution in [0.5, 0.6) is 0 Å². The van der Waals surface area contributed by atoms with Crippen molar-refractivity contribution in [1.82, 2.24) is 14.8 Å². The number of aliphatic hydroxyl groups is 1. The molecule has 0 bridgehead atoms. The molecule has 1 aromatic carbocycles. The minimum Gasteiger partial charge on any atom is -0.394 e. The van der Waals surface area contributed by atoms with Gasteiger partial charge in [0.15, 0.2) is 0 Å². The summed E-state index contributed by atoms with van der Waals surface area (Å²) in [6, 6.07) is 10.7. The van der Waals surface area contributed by atoms with Gasteiger partial charge in [-0.3, -0.25) is 14.6 Å². The molecule has 0 aliphatic carbocycles. The lowest BCUT2D eigenvalue weighted by Crippen LogP contribution is -2.73. The van der Waals surface area contributed by atoms with Crippen LogP contribution >= 0.6 is 0 Å². The molecule has 3 atom stereocenters. The molecular weight excluding hydrogens is 382 g/mol. The second-order valence-corrected chi connectivity index (χ2v) is 7.42. The molecule has 0 saturated carbocycles. The van der Waals surface area contributed by atoms with Crippen LogP contribution in [0.15, 0.2) is 48.8 Å².